The number of rotatable bonds is 4. The van der Waals surface area contributed by atoms with Crippen molar-refractivity contribution in [2.45, 2.75) is 83.3 Å². The molecule has 3 heterocycles. The third-order valence-electron chi connectivity index (χ3n) is 6.93. The molecule has 4 rings (SSSR count). The van der Waals surface area contributed by atoms with Gasteiger partial charge in [-0.3, -0.25) is 0 Å². The smallest absolute Gasteiger partial charge is 0.410 e. The van der Waals surface area contributed by atoms with Crippen LogP contribution < -0.4 is 0 Å². The van der Waals surface area contributed by atoms with Gasteiger partial charge < -0.3 is 19.5 Å². The van der Waals surface area contributed by atoms with Gasteiger partial charge in [-0.25, -0.2) is 4.79 Å². The van der Waals surface area contributed by atoms with Gasteiger partial charge in [0.1, 0.15) is 5.60 Å². The quantitative estimate of drug-likeness (QED) is 0.662. The van der Waals surface area contributed by atoms with Crippen LogP contribution in [0.3, 0.4) is 0 Å². The Bertz CT molecular complexity index is 861. The molecule has 1 amide bonds. The zero-order chi connectivity index (χ0) is 21.8. The SMILES string of the molecule is CC(C)(C)OC(=O)N1CCCCCC1CCN1CCC(c2c[nH]c3ccccc23)CC1. The van der Waals surface area contributed by atoms with Gasteiger partial charge in [0.25, 0.3) is 0 Å². The number of aromatic nitrogens is 1. The molecule has 2 aliphatic rings. The Morgan fingerprint density at radius 2 is 1.84 bits per heavy atom. The van der Waals surface area contributed by atoms with Gasteiger partial charge >= 0.3 is 6.09 Å². The maximum Gasteiger partial charge on any atom is 0.410 e. The maximum atomic E-state index is 12.8. The molecule has 1 aromatic heterocycles. The molecule has 2 aliphatic heterocycles. The van der Waals surface area contributed by atoms with Crippen LogP contribution in [-0.2, 0) is 4.74 Å². The van der Waals surface area contributed by atoms with Gasteiger partial charge in [-0.2, -0.15) is 0 Å². The van der Waals surface area contributed by atoms with E-state index in [4.69, 9.17) is 4.74 Å². The van der Waals surface area contributed by atoms with Crippen LogP contribution in [-0.4, -0.2) is 58.7 Å². The first-order chi connectivity index (χ1) is 14.9. The Balaban J connectivity index is 1.31. The van der Waals surface area contributed by atoms with Crippen LogP contribution >= 0.6 is 0 Å². The summed E-state index contributed by atoms with van der Waals surface area (Å²) < 4.78 is 5.72. The van der Waals surface area contributed by atoms with Gasteiger partial charge in [-0.15, -0.1) is 0 Å². The largest absolute Gasteiger partial charge is 0.444 e. The molecule has 0 radical (unpaired) electrons. The number of benzene rings is 1. The highest BCUT2D eigenvalue weighted by molar-refractivity contribution is 5.83. The maximum absolute atomic E-state index is 12.8. The van der Waals surface area contributed by atoms with E-state index in [0.29, 0.717) is 12.0 Å². The van der Waals surface area contributed by atoms with Gasteiger partial charge in [0.05, 0.1) is 0 Å². The van der Waals surface area contributed by atoms with Crippen molar-refractivity contribution in [1.29, 1.82) is 0 Å². The Morgan fingerprint density at radius 1 is 1.06 bits per heavy atom. The molecule has 0 aliphatic carbocycles. The van der Waals surface area contributed by atoms with E-state index in [1.165, 1.54) is 42.1 Å². The first-order valence-electron chi connectivity index (χ1n) is 12.2. The Hall–Kier alpha value is -2.01. The number of H-pyrrole nitrogens is 1. The van der Waals surface area contributed by atoms with E-state index < -0.39 is 5.60 Å². The van der Waals surface area contributed by atoms with Crippen molar-refractivity contribution in [2.75, 3.05) is 26.2 Å². The summed E-state index contributed by atoms with van der Waals surface area (Å²) in [6.45, 7) is 10.1. The molecule has 2 aromatic rings. The highest BCUT2D eigenvalue weighted by atomic mass is 16.6. The molecule has 5 heteroatoms. The molecule has 1 N–H and O–H groups in total. The van der Waals surface area contributed by atoms with E-state index in [0.717, 1.165) is 45.4 Å². The molecule has 5 nitrogen and oxygen atoms in total. The van der Waals surface area contributed by atoms with Crippen molar-refractivity contribution in [3.8, 4) is 0 Å². The van der Waals surface area contributed by atoms with Crippen LogP contribution in [0.25, 0.3) is 10.9 Å². The van der Waals surface area contributed by atoms with Crippen LogP contribution in [0.1, 0.15) is 77.2 Å². The highest BCUT2D eigenvalue weighted by Gasteiger charge is 2.30. The first-order valence-corrected chi connectivity index (χ1v) is 12.2. The fourth-order valence-electron chi connectivity index (χ4n) is 5.27. The lowest BCUT2D eigenvalue weighted by atomic mass is 9.89. The number of hydrogen-bond donors (Lipinski definition) is 1. The number of nitrogens with zero attached hydrogens (tertiary/aromatic N) is 2. The normalized spacial score (nSPS) is 21.9. The van der Waals surface area contributed by atoms with Crippen molar-refractivity contribution >= 4 is 17.0 Å². The first kappa shape index (κ1) is 22.2. The van der Waals surface area contributed by atoms with Gasteiger partial charge in [0, 0.05) is 36.2 Å². The molecule has 2 saturated heterocycles. The monoisotopic (exact) mass is 425 g/mol. The van der Waals surface area contributed by atoms with Crippen molar-refractivity contribution in [2.24, 2.45) is 0 Å². The number of hydrogen-bond acceptors (Lipinski definition) is 3. The number of para-hydroxylation sites is 1. The second-order valence-electron chi connectivity index (χ2n) is 10.4. The lowest BCUT2D eigenvalue weighted by Gasteiger charge is -2.36. The van der Waals surface area contributed by atoms with Crippen LogP contribution in [0.4, 0.5) is 4.79 Å². The van der Waals surface area contributed by atoms with E-state index in [2.05, 4.69) is 40.3 Å². The number of amides is 1. The number of nitrogens with one attached hydrogen (secondary N) is 1. The molecule has 2 fully saturated rings. The number of carbonyl (C=O) groups excluding carboxylic acids is 1. The summed E-state index contributed by atoms with van der Waals surface area (Å²) >= 11 is 0. The average molecular weight is 426 g/mol. The minimum atomic E-state index is -0.432. The van der Waals surface area contributed by atoms with Gasteiger partial charge in [-0.1, -0.05) is 31.0 Å². The lowest BCUT2D eigenvalue weighted by Crippen LogP contribution is -2.45. The van der Waals surface area contributed by atoms with Crippen LogP contribution in [0.2, 0.25) is 0 Å². The van der Waals surface area contributed by atoms with Crippen molar-refractivity contribution in [3.05, 3.63) is 36.0 Å². The van der Waals surface area contributed by atoms with Gasteiger partial charge in [-0.05, 0) is 83.5 Å². The Labute approximate surface area is 187 Å². The van der Waals surface area contributed by atoms with Gasteiger partial charge in [0.2, 0.25) is 0 Å². The summed E-state index contributed by atoms with van der Waals surface area (Å²) in [4.78, 5) is 20.9. The van der Waals surface area contributed by atoms with Gasteiger partial charge in [0.15, 0.2) is 0 Å². The molecule has 170 valence electrons. The van der Waals surface area contributed by atoms with Crippen molar-refractivity contribution in [1.82, 2.24) is 14.8 Å². The number of fused-ring (bicyclic) bond motifs is 1. The molecule has 1 aromatic carbocycles. The number of aromatic amines is 1. The van der Waals surface area contributed by atoms with Crippen LogP contribution in [0.15, 0.2) is 30.5 Å². The van der Waals surface area contributed by atoms with E-state index in [9.17, 15) is 4.79 Å². The molecule has 31 heavy (non-hydrogen) atoms. The molecular weight excluding hydrogens is 386 g/mol. The predicted molar refractivity (Wildman–Crippen MR) is 127 cm³/mol. The Morgan fingerprint density at radius 3 is 2.61 bits per heavy atom. The van der Waals surface area contributed by atoms with Crippen molar-refractivity contribution < 1.29 is 9.53 Å². The summed E-state index contributed by atoms with van der Waals surface area (Å²) in [6.07, 6.45) is 10.2. The van der Waals surface area contributed by atoms with E-state index in [1.54, 1.807) is 0 Å². The minimum absolute atomic E-state index is 0.127. The molecule has 0 saturated carbocycles. The standard InChI is InChI=1S/C26H39N3O2/c1-26(2,3)31-25(30)29-15-8-4-5-9-21(29)14-18-28-16-12-20(13-17-28)23-19-27-24-11-7-6-10-22(23)24/h6-7,10-11,19-21,27H,4-5,8-9,12-18H2,1-3H3. The fraction of sp³-hybridized carbons (Fsp3) is 0.654. The number of ether oxygens (including phenoxy) is 1. The third-order valence-corrected chi connectivity index (χ3v) is 6.93. The van der Waals surface area contributed by atoms with E-state index in [1.807, 2.05) is 25.7 Å². The highest BCUT2D eigenvalue weighted by Crippen LogP contribution is 2.33. The molecule has 1 unspecified atom stereocenters. The van der Waals surface area contributed by atoms with Crippen LogP contribution in [0, 0.1) is 0 Å². The number of piperidine rings is 1. The third kappa shape index (κ3) is 5.62. The second kappa shape index (κ2) is 9.64. The topological polar surface area (TPSA) is 48.6 Å². The summed E-state index contributed by atoms with van der Waals surface area (Å²) in [5, 5.41) is 1.38. The zero-order valence-electron chi connectivity index (χ0n) is 19.5. The Kier molecular flexibility index (Phi) is 6.90. The predicted octanol–water partition coefficient (Wildman–Crippen LogP) is 5.92. The second-order valence-corrected chi connectivity index (χ2v) is 10.4. The van der Waals surface area contributed by atoms with E-state index >= 15 is 0 Å². The minimum Gasteiger partial charge on any atom is -0.444 e. The molecule has 1 atom stereocenters. The zero-order valence-corrected chi connectivity index (χ0v) is 19.5. The molecule has 0 spiro atoms. The summed E-state index contributed by atoms with van der Waals surface area (Å²) in [6, 6.07) is 8.95. The summed E-state index contributed by atoms with van der Waals surface area (Å²) in [5.41, 5.74) is 2.30. The summed E-state index contributed by atoms with van der Waals surface area (Å²) in [5.74, 6) is 0.642. The lowest BCUT2D eigenvalue weighted by molar-refractivity contribution is 0.0146. The fourth-order valence-corrected chi connectivity index (χ4v) is 5.27. The number of carbonyl (C=O) groups is 1. The molecular formula is C26H39N3O2. The van der Waals surface area contributed by atoms with Crippen molar-refractivity contribution in [3.63, 3.8) is 0 Å². The average Bonchev–Trinajstić information content (AvgIpc) is 3.02. The van der Waals surface area contributed by atoms with Crippen LogP contribution in [0.5, 0.6) is 0 Å². The molecule has 0 bridgehead atoms. The summed E-state index contributed by atoms with van der Waals surface area (Å²) in [7, 11) is 0. The number of likely N-dealkylation sites (tertiary alicyclic amines) is 2. The van der Waals surface area contributed by atoms with E-state index in [-0.39, 0.29) is 6.09 Å².